The second kappa shape index (κ2) is 4.05. The third kappa shape index (κ3) is 2.78. The van der Waals surface area contributed by atoms with E-state index in [1.807, 2.05) is 34.0 Å². The van der Waals surface area contributed by atoms with Crippen LogP contribution in [0, 0.1) is 0 Å². The molecule has 1 aliphatic rings. The Morgan fingerprint density at radius 3 is 2.82 bits per heavy atom. The van der Waals surface area contributed by atoms with Crippen LogP contribution < -0.4 is 0 Å². The number of aromatic nitrogens is 2. The maximum Gasteiger partial charge on any atom is 0.410 e. The number of carbonyl (C=O) groups is 1. The summed E-state index contributed by atoms with van der Waals surface area (Å²) in [6, 6.07) is 0. The predicted octanol–water partition coefficient (Wildman–Crippen LogP) is 1.71. The fraction of sp³-hybridized carbons (Fsp3) is 0.667. The van der Waals surface area contributed by atoms with Crippen molar-refractivity contribution in [1.82, 2.24) is 14.7 Å². The van der Waals surface area contributed by atoms with E-state index in [0.29, 0.717) is 13.1 Å². The van der Waals surface area contributed by atoms with Crippen molar-refractivity contribution >= 4 is 6.09 Å². The van der Waals surface area contributed by atoms with Gasteiger partial charge in [0.05, 0.1) is 12.2 Å². The van der Waals surface area contributed by atoms with Crippen LogP contribution in [-0.2, 0) is 24.8 Å². The van der Waals surface area contributed by atoms with Gasteiger partial charge in [-0.2, -0.15) is 5.10 Å². The normalized spacial score (nSPS) is 15.6. The molecule has 5 nitrogen and oxygen atoms in total. The number of hydrogen-bond acceptors (Lipinski definition) is 3. The van der Waals surface area contributed by atoms with E-state index in [-0.39, 0.29) is 6.09 Å². The number of nitrogens with zero attached hydrogens (tertiary/aromatic N) is 3. The molecule has 1 aliphatic heterocycles. The standard InChI is InChI=1S/C12H19N3O2/c1-12(2,3)17-11(16)15-6-5-10-9(8-15)7-14(4)13-10/h7H,5-6,8H2,1-4H3. The molecule has 2 heterocycles. The van der Waals surface area contributed by atoms with E-state index in [4.69, 9.17) is 4.74 Å². The molecule has 0 unspecified atom stereocenters. The van der Waals surface area contributed by atoms with Gasteiger partial charge in [0, 0.05) is 31.8 Å². The van der Waals surface area contributed by atoms with E-state index in [2.05, 4.69) is 5.10 Å². The summed E-state index contributed by atoms with van der Waals surface area (Å²) in [4.78, 5) is 13.6. The van der Waals surface area contributed by atoms with Crippen LogP contribution >= 0.6 is 0 Å². The van der Waals surface area contributed by atoms with Crippen molar-refractivity contribution in [3.8, 4) is 0 Å². The van der Waals surface area contributed by atoms with Gasteiger partial charge in [-0.15, -0.1) is 0 Å². The molecule has 1 amide bonds. The molecule has 5 heteroatoms. The summed E-state index contributed by atoms with van der Waals surface area (Å²) in [5, 5.41) is 4.36. The van der Waals surface area contributed by atoms with Gasteiger partial charge in [-0.25, -0.2) is 4.79 Å². The molecule has 0 saturated heterocycles. The first-order valence-electron chi connectivity index (χ1n) is 5.84. The molecule has 0 atom stereocenters. The first kappa shape index (κ1) is 12.0. The lowest BCUT2D eigenvalue weighted by Gasteiger charge is -2.29. The topological polar surface area (TPSA) is 47.4 Å². The first-order valence-corrected chi connectivity index (χ1v) is 5.84. The van der Waals surface area contributed by atoms with Crippen molar-refractivity contribution in [1.29, 1.82) is 0 Å². The lowest BCUT2D eigenvalue weighted by atomic mass is 10.1. The summed E-state index contributed by atoms with van der Waals surface area (Å²) >= 11 is 0. The van der Waals surface area contributed by atoms with Gasteiger partial charge >= 0.3 is 6.09 Å². The Labute approximate surface area is 101 Å². The van der Waals surface area contributed by atoms with Crippen LogP contribution in [0.1, 0.15) is 32.0 Å². The molecule has 17 heavy (non-hydrogen) atoms. The van der Waals surface area contributed by atoms with Crippen LogP contribution in [0.4, 0.5) is 4.79 Å². The molecule has 0 aromatic carbocycles. The van der Waals surface area contributed by atoms with Gasteiger partial charge in [-0.3, -0.25) is 4.68 Å². The highest BCUT2D eigenvalue weighted by Crippen LogP contribution is 2.19. The van der Waals surface area contributed by atoms with E-state index in [1.165, 1.54) is 0 Å². The minimum Gasteiger partial charge on any atom is -0.444 e. The van der Waals surface area contributed by atoms with Crippen molar-refractivity contribution in [2.45, 2.75) is 39.3 Å². The Balaban J connectivity index is 2.05. The van der Waals surface area contributed by atoms with Crippen molar-refractivity contribution < 1.29 is 9.53 Å². The summed E-state index contributed by atoms with van der Waals surface area (Å²) in [7, 11) is 1.90. The Hall–Kier alpha value is -1.52. The van der Waals surface area contributed by atoms with Crippen molar-refractivity contribution in [3.05, 3.63) is 17.5 Å². The third-order valence-corrected chi connectivity index (χ3v) is 2.62. The zero-order chi connectivity index (χ0) is 12.6. The van der Waals surface area contributed by atoms with E-state index >= 15 is 0 Å². The average Bonchev–Trinajstić information content (AvgIpc) is 2.53. The average molecular weight is 237 g/mol. The maximum atomic E-state index is 11.9. The smallest absolute Gasteiger partial charge is 0.410 e. The van der Waals surface area contributed by atoms with Crippen LogP contribution in [0.3, 0.4) is 0 Å². The minimum absolute atomic E-state index is 0.244. The molecule has 0 spiro atoms. The van der Waals surface area contributed by atoms with Gasteiger partial charge in [0.1, 0.15) is 5.60 Å². The molecule has 2 rings (SSSR count). The summed E-state index contributed by atoms with van der Waals surface area (Å²) in [6.45, 7) is 6.91. The van der Waals surface area contributed by atoms with Crippen LogP contribution in [0.25, 0.3) is 0 Å². The summed E-state index contributed by atoms with van der Waals surface area (Å²) < 4.78 is 7.15. The Morgan fingerprint density at radius 2 is 2.18 bits per heavy atom. The monoisotopic (exact) mass is 237 g/mol. The molecule has 0 aliphatic carbocycles. The van der Waals surface area contributed by atoms with Crippen LogP contribution in [0.15, 0.2) is 6.20 Å². The second-order valence-corrected chi connectivity index (χ2v) is 5.43. The summed E-state index contributed by atoms with van der Waals surface area (Å²) in [5.41, 5.74) is 1.77. The third-order valence-electron chi connectivity index (χ3n) is 2.62. The van der Waals surface area contributed by atoms with E-state index < -0.39 is 5.60 Å². The number of carbonyl (C=O) groups excluding carboxylic acids is 1. The fourth-order valence-corrected chi connectivity index (χ4v) is 1.93. The molecule has 0 saturated carbocycles. The molecular formula is C12H19N3O2. The van der Waals surface area contributed by atoms with Gasteiger partial charge in [0.2, 0.25) is 0 Å². The lowest BCUT2D eigenvalue weighted by Crippen LogP contribution is -2.39. The number of amides is 1. The number of fused-ring (bicyclic) bond motifs is 1. The lowest BCUT2D eigenvalue weighted by molar-refractivity contribution is 0.0223. The van der Waals surface area contributed by atoms with Gasteiger partial charge in [-0.1, -0.05) is 0 Å². The largest absolute Gasteiger partial charge is 0.444 e. The summed E-state index contributed by atoms with van der Waals surface area (Å²) in [5.74, 6) is 0. The van der Waals surface area contributed by atoms with Gasteiger partial charge < -0.3 is 9.64 Å². The number of aryl methyl sites for hydroxylation is 1. The highest BCUT2D eigenvalue weighted by Gasteiger charge is 2.26. The van der Waals surface area contributed by atoms with Crippen LogP contribution in [0.5, 0.6) is 0 Å². The molecule has 0 radical (unpaired) electrons. The van der Waals surface area contributed by atoms with Crippen molar-refractivity contribution in [2.75, 3.05) is 6.54 Å². The summed E-state index contributed by atoms with van der Waals surface area (Å²) in [6.07, 6.45) is 2.52. The zero-order valence-electron chi connectivity index (χ0n) is 10.9. The van der Waals surface area contributed by atoms with Crippen LogP contribution in [0.2, 0.25) is 0 Å². The Morgan fingerprint density at radius 1 is 1.47 bits per heavy atom. The van der Waals surface area contributed by atoms with Gasteiger partial charge in [0.25, 0.3) is 0 Å². The maximum absolute atomic E-state index is 11.9. The molecule has 0 N–H and O–H groups in total. The van der Waals surface area contributed by atoms with Crippen LogP contribution in [-0.4, -0.2) is 32.9 Å². The Bertz CT molecular complexity index is 431. The van der Waals surface area contributed by atoms with E-state index in [1.54, 1.807) is 9.58 Å². The predicted molar refractivity (Wildman–Crippen MR) is 63.6 cm³/mol. The van der Waals surface area contributed by atoms with Crippen molar-refractivity contribution in [3.63, 3.8) is 0 Å². The van der Waals surface area contributed by atoms with E-state index in [9.17, 15) is 4.79 Å². The SMILES string of the molecule is Cn1cc2c(n1)CCN(C(=O)OC(C)(C)C)C2. The highest BCUT2D eigenvalue weighted by molar-refractivity contribution is 5.68. The molecule has 1 aromatic rings. The van der Waals surface area contributed by atoms with Crippen molar-refractivity contribution in [2.24, 2.45) is 7.05 Å². The highest BCUT2D eigenvalue weighted by atomic mass is 16.6. The molecule has 0 fully saturated rings. The fourth-order valence-electron chi connectivity index (χ4n) is 1.93. The van der Waals surface area contributed by atoms with Gasteiger partial charge in [-0.05, 0) is 20.8 Å². The quantitative estimate of drug-likeness (QED) is 0.690. The second-order valence-electron chi connectivity index (χ2n) is 5.43. The Kier molecular flexibility index (Phi) is 2.85. The first-order chi connectivity index (χ1) is 7.85. The number of hydrogen-bond donors (Lipinski definition) is 0. The molecule has 94 valence electrons. The molecular weight excluding hydrogens is 218 g/mol. The molecule has 0 bridgehead atoms. The number of ether oxygens (including phenoxy) is 1. The number of rotatable bonds is 0. The molecule has 1 aromatic heterocycles. The van der Waals surface area contributed by atoms with Gasteiger partial charge in [0.15, 0.2) is 0 Å². The zero-order valence-corrected chi connectivity index (χ0v) is 10.9. The van der Waals surface area contributed by atoms with E-state index in [0.717, 1.165) is 17.7 Å². The minimum atomic E-state index is -0.438.